The van der Waals surface area contributed by atoms with E-state index < -0.39 is 0 Å². The van der Waals surface area contributed by atoms with Crippen LogP contribution >= 0.6 is 12.2 Å². The molecule has 6 nitrogen and oxygen atoms in total. The predicted molar refractivity (Wildman–Crippen MR) is 104 cm³/mol. The monoisotopic (exact) mass is 375 g/mol. The minimum Gasteiger partial charge on any atom is -0.376 e. The lowest BCUT2D eigenvalue weighted by Gasteiger charge is -2.30. The van der Waals surface area contributed by atoms with Gasteiger partial charge in [-0.25, -0.2) is 0 Å². The molecule has 1 aromatic carbocycles. The van der Waals surface area contributed by atoms with Crippen molar-refractivity contribution < 1.29 is 9.53 Å². The molecular formula is C19H25N3O3S. The first-order chi connectivity index (χ1) is 12.3. The number of nitrogens with one attached hydrogen (secondary N) is 2. The van der Waals surface area contributed by atoms with Crippen LogP contribution in [0, 0.1) is 4.77 Å². The Morgan fingerprint density at radius 2 is 2.00 bits per heavy atom. The summed E-state index contributed by atoms with van der Waals surface area (Å²) < 4.78 is 7.57. The molecule has 140 valence electrons. The molecule has 0 saturated heterocycles. The maximum absolute atomic E-state index is 12.6. The van der Waals surface area contributed by atoms with E-state index in [0.717, 1.165) is 25.7 Å². The Labute approximate surface area is 157 Å². The van der Waals surface area contributed by atoms with Crippen LogP contribution in [0.4, 0.5) is 0 Å². The van der Waals surface area contributed by atoms with Crippen molar-refractivity contribution >= 4 is 29.0 Å². The lowest BCUT2D eigenvalue weighted by atomic mass is 9.92. The Balaban J connectivity index is 1.70. The fraction of sp³-hybridized carbons (Fsp3) is 0.526. The van der Waals surface area contributed by atoms with Gasteiger partial charge < -0.3 is 15.0 Å². The van der Waals surface area contributed by atoms with E-state index in [1.807, 2.05) is 13.8 Å². The van der Waals surface area contributed by atoms with E-state index in [4.69, 9.17) is 17.0 Å². The molecule has 0 radical (unpaired) electrons. The van der Waals surface area contributed by atoms with Gasteiger partial charge >= 0.3 is 0 Å². The minimum absolute atomic E-state index is 0.125. The molecule has 0 atom stereocenters. The van der Waals surface area contributed by atoms with Gasteiger partial charge in [-0.1, -0.05) is 0 Å². The van der Waals surface area contributed by atoms with Crippen LogP contribution in [0.25, 0.3) is 10.9 Å². The second-order valence-electron chi connectivity index (χ2n) is 7.19. The van der Waals surface area contributed by atoms with E-state index in [-0.39, 0.29) is 23.6 Å². The van der Waals surface area contributed by atoms with Gasteiger partial charge in [0.05, 0.1) is 23.1 Å². The maximum Gasteiger partial charge on any atom is 0.261 e. The van der Waals surface area contributed by atoms with Crippen molar-refractivity contribution in [3.8, 4) is 0 Å². The molecule has 2 N–H and O–H groups in total. The van der Waals surface area contributed by atoms with E-state index >= 15 is 0 Å². The van der Waals surface area contributed by atoms with E-state index in [1.165, 1.54) is 4.57 Å². The van der Waals surface area contributed by atoms with Crippen LogP contribution in [0.2, 0.25) is 0 Å². The summed E-state index contributed by atoms with van der Waals surface area (Å²) in [4.78, 5) is 27.8. The lowest BCUT2D eigenvalue weighted by Crippen LogP contribution is -2.39. The Kier molecular flexibility index (Phi) is 5.58. The SMILES string of the molecule is CC(C)OC1CCC(NC(=O)c2ccc3c(=O)n(C)c(=S)[nH]c3c2)CC1. The van der Waals surface area contributed by atoms with Crippen LogP contribution in [-0.4, -0.2) is 33.7 Å². The van der Waals surface area contributed by atoms with Crippen LogP contribution in [-0.2, 0) is 11.8 Å². The summed E-state index contributed by atoms with van der Waals surface area (Å²) >= 11 is 5.14. The molecule has 2 aromatic rings. The molecule has 1 fully saturated rings. The van der Waals surface area contributed by atoms with Gasteiger partial charge in [-0.3, -0.25) is 14.2 Å². The van der Waals surface area contributed by atoms with Crippen molar-refractivity contribution in [2.45, 2.75) is 57.8 Å². The summed E-state index contributed by atoms with van der Waals surface area (Å²) in [5, 5.41) is 3.61. The zero-order chi connectivity index (χ0) is 18.8. The molecule has 1 aliphatic carbocycles. The number of hydrogen-bond acceptors (Lipinski definition) is 4. The zero-order valence-electron chi connectivity index (χ0n) is 15.4. The molecule has 7 heteroatoms. The number of carbonyl (C=O) groups excluding carboxylic acids is 1. The summed E-state index contributed by atoms with van der Waals surface area (Å²) in [5.41, 5.74) is 0.941. The number of nitrogens with zero attached hydrogens (tertiary/aromatic N) is 1. The fourth-order valence-corrected chi connectivity index (χ4v) is 3.64. The summed E-state index contributed by atoms with van der Waals surface area (Å²) in [6, 6.07) is 5.21. The number of aromatic amines is 1. The van der Waals surface area contributed by atoms with Crippen molar-refractivity contribution in [3.05, 3.63) is 38.9 Å². The Bertz CT molecular complexity index is 924. The normalized spacial score (nSPS) is 20.5. The summed E-state index contributed by atoms with van der Waals surface area (Å²) in [5.74, 6) is -0.125. The first-order valence-electron chi connectivity index (χ1n) is 9.04. The lowest BCUT2D eigenvalue weighted by molar-refractivity contribution is -0.0159. The first-order valence-corrected chi connectivity index (χ1v) is 9.45. The largest absolute Gasteiger partial charge is 0.376 e. The summed E-state index contributed by atoms with van der Waals surface area (Å²) in [6.07, 6.45) is 4.29. The fourth-order valence-electron chi connectivity index (χ4n) is 3.44. The Morgan fingerprint density at radius 1 is 1.31 bits per heavy atom. The van der Waals surface area contributed by atoms with Gasteiger partial charge in [0.1, 0.15) is 0 Å². The molecule has 0 bridgehead atoms. The summed E-state index contributed by atoms with van der Waals surface area (Å²) in [7, 11) is 1.63. The average molecular weight is 375 g/mol. The quantitative estimate of drug-likeness (QED) is 0.806. The highest BCUT2D eigenvalue weighted by Crippen LogP contribution is 2.22. The Hall–Kier alpha value is -1.99. The molecule has 3 rings (SSSR count). The third-order valence-corrected chi connectivity index (χ3v) is 5.21. The first kappa shape index (κ1) is 18.8. The molecule has 1 amide bonds. The van der Waals surface area contributed by atoms with Crippen LogP contribution in [0.3, 0.4) is 0 Å². The maximum atomic E-state index is 12.6. The molecule has 0 spiro atoms. The van der Waals surface area contributed by atoms with Crippen molar-refractivity contribution in [2.24, 2.45) is 7.05 Å². The standard InChI is InChI=1S/C19H25N3O3S/c1-11(2)25-14-7-5-13(6-8-14)20-17(23)12-4-9-15-16(10-12)21-19(26)22(3)18(15)24/h4,9-11,13-14H,5-8H2,1-3H3,(H,20,23)(H,21,26). The van der Waals surface area contributed by atoms with Crippen LogP contribution in [0.1, 0.15) is 49.9 Å². The third kappa shape index (κ3) is 4.04. The highest BCUT2D eigenvalue weighted by atomic mass is 32.1. The molecule has 0 unspecified atom stereocenters. The van der Waals surface area contributed by atoms with E-state index in [9.17, 15) is 9.59 Å². The molecule has 1 aromatic heterocycles. The predicted octanol–water partition coefficient (Wildman–Crippen LogP) is 3.06. The van der Waals surface area contributed by atoms with Crippen LogP contribution in [0.5, 0.6) is 0 Å². The number of carbonyl (C=O) groups is 1. The molecular weight excluding hydrogens is 350 g/mol. The number of benzene rings is 1. The minimum atomic E-state index is -0.167. The second kappa shape index (κ2) is 7.72. The smallest absolute Gasteiger partial charge is 0.261 e. The van der Waals surface area contributed by atoms with Gasteiger partial charge in [0.25, 0.3) is 11.5 Å². The van der Waals surface area contributed by atoms with Gasteiger partial charge in [0.2, 0.25) is 0 Å². The number of H-pyrrole nitrogens is 1. The van der Waals surface area contributed by atoms with Gasteiger partial charge in [0.15, 0.2) is 4.77 Å². The number of aromatic nitrogens is 2. The molecule has 1 saturated carbocycles. The number of rotatable bonds is 4. The highest BCUT2D eigenvalue weighted by Gasteiger charge is 2.24. The molecule has 1 heterocycles. The third-order valence-electron chi connectivity index (χ3n) is 4.84. The highest BCUT2D eigenvalue weighted by molar-refractivity contribution is 7.71. The van der Waals surface area contributed by atoms with Gasteiger partial charge in [-0.15, -0.1) is 0 Å². The Morgan fingerprint density at radius 3 is 2.65 bits per heavy atom. The number of hydrogen-bond donors (Lipinski definition) is 2. The van der Waals surface area contributed by atoms with Gasteiger partial charge in [-0.2, -0.15) is 0 Å². The molecule has 0 aliphatic heterocycles. The second-order valence-corrected chi connectivity index (χ2v) is 7.57. The number of fused-ring (bicyclic) bond motifs is 1. The van der Waals surface area contributed by atoms with Gasteiger partial charge in [-0.05, 0) is 69.9 Å². The van der Waals surface area contributed by atoms with Crippen LogP contribution in [0.15, 0.2) is 23.0 Å². The van der Waals surface area contributed by atoms with Crippen molar-refractivity contribution in [1.82, 2.24) is 14.9 Å². The van der Waals surface area contributed by atoms with Crippen LogP contribution < -0.4 is 10.9 Å². The zero-order valence-corrected chi connectivity index (χ0v) is 16.2. The van der Waals surface area contributed by atoms with Gasteiger partial charge in [0, 0.05) is 18.7 Å². The van der Waals surface area contributed by atoms with Crippen molar-refractivity contribution in [1.29, 1.82) is 0 Å². The summed E-state index contributed by atoms with van der Waals surface area (Å²) in [6.45, 7) is 4.10. The molecule has 1 aliphatic rings. The van der Waals surface area contributed by atoms with E-state index in [2.05, 4.69) is 10.3 Å². The average Bonchev–Trinajstić information content (AvgIpc) is 2.60. The van der Waals surface area contributed by atoms with Crippen molar-refractivity contribution in [2.75, 3.05) is 0 Å². The molecule has 26 heavy (non-hydrogen) atoms. The van der Waals surface area contributed by atoms with E-state index in [1.54, 1.807) is 25.2 Å². The number of ether oxygens (including phenoxy) is 1. The van der Waals surface area contributed by atoms with E-state index in [0.29, 0.717) is 27.3 Å². The topological polar surface area (TPSA) is 76.1 Å². The number of amides is 1. The van der Waals surface area contributed by atoms with Crippen molar-refractivity contribution in [3.63, 3.8) is 0 Å².